The van der Waals surface area contributed by atoms with Crippen molar-refractivity contribution in [2.24, 2.45) is 5.41 Å². The second-order valence-electron chi connectivity index (χ2n) is 9.92. The molecule has 41 heavy (non-hydrogen) atoms. The molecule has 0 radical (unpaired) electrons. The van der Waals surface area contributed by atoms with E-state index in [0.717, 1.165) is 24.3 Å². The first-order chi connectivity index (χ1) is 19.2. The number of hydrogen-bond acceptors (Lipinski definition) is 6. The number of carbonyl (C=O) groups is 2. The number of pyridine rings is 1. The lowest BCUT2D eigenvalue weighted by atomic mass is 9.86. The molecular weight excluding hydrogens is 547 g/mol. The van der Waals surface area contributed by atoms with Gasteiger partial charge in [0.25, 0.3) is 5.91 Å². The Morgan fingerprint density at radius 3 is 2.29 bits per heavy atom. The van der Waals surface area contributed by atoms with Crippen LogP contribution in [0.3, 0.4) is 0 Å². The van der Waals surface area contributed by atoms with E-state index in [-0.39, 0.29) is 51.4 Å². The first-order valence-corrected chi connectivity index (χ1v) is 12.2. The first-order valence-electron chi connectivity index (χ1n) is 12.2. The van der Waals surface area contributed by atoms with E-state index in [1.165, 1.54) is 31.3 Å². The number of hydrogen-bond donors (Lipinski definition) is 2. The average molecular weight is 571 g/mol. The summed E-state index contributed by atoms with van der Waals surface area (Å²) in [6.45, 7) is 1.59. The highest BCUT2D eigenvalue weighted by Crippen LogP contribution is 2.39. The highest BCUT2D eigenvalue weighted by atomic mass is 19.4. The van der Waals surface area contributed by atoms with Gasteiger partial charge >= 0.3 is 6.18 Å². The zero-order valence-electron chi connectivity index (χ0n) is 22.0. The molecule has 0 aliphatic carbocycles. The minimum Gasteiger partial charge on any atom is -0.437 e. The second-order valence-corrected chi connectivity index (χ2v) is 9.92. The summed E-state index contributed by atoms with van der Waals surface area (Å²) >= 11 is 0. The number of anilines is 1. The molecule has 2 N–H and O–H groups in total. The third-order valence-corrected chi connectivity index (χ3v) is 6.14. The number of furan rings is 1. The van der Waals surface area contributed by atoms with Crippen molar-refractivity contribution >= 4 is 28.6 Å². The maximum absolute atomic E-state index is 14.8. The number of nitrogens with zero attached hydrogens (tertiary/aromatic N) is 2. The number of amides is 1. The van der Waals surface area contributed by atoms with Crippen LogP contribution in [0.25, 0.3) is 33.6 Å². The first kappa shape index (κ1) is 29.2. The molecule has 0 aliphatic heterocycles. The number of nitrogens with one attached hydrogen (secondary N) is 2. The Bertz CT molecular complexity index is 1690. The molecule has 0 unspecified atom stereocenters. The van der Waals surface area contributed by atoms with Crippen LogP contribution >= 0.6 is 0 Å². The molecule has 12 heteroatoms. The molecule has 2 aromatic carbocycles. The third-order valence-electron chi connectivity index (χ3n) is 6.14. The van der Waals surface area contributed by atoms with Gasteiger partial charge in [-0.1, -0.05) is 0 Å². The highest BCUT2D eigenvalue weighted by molar-refractivity contribution is 6.11. The van der Waals surface area contributed by atoms with E-state index in [4.69, 9.17) is 4.42 Å². The number of ketones is 1. The lowest BCUT2D eigenvalue weighted by Crippen LogP contribution is -2.22. The number of fused-ring (bicyclic) bond motifs is 1. The minimum atomic E-state index is -4.64. The van der Waals surface area contributed by atoms with Crippen molar-refractivity contribution in [2.45, 2.75) is 26.4 Å². The Labute approximate surface area is 231 Å². The van der Waals surface area contributed by atoms with Gasteiger partial charge in [0.1, 0.15) is 29.8 Å². The molecular formula is C29H23F5N4O3. The van der Waals surface area contributed by atoms with Crippen molar-refractivity contribution in [1.82, 2.24) is 10.3 Å². The van der Waals surface area contributed by atoms with Crippen LogP contribution in [-0.4, -0.2) is 36.4 Å². The highest BCUT2D eigenvalue weighted by Gasteiger charge is 2.30. The van der Waals surface area contributed by atoms with Crippen LogP contribution in [0.5, 0.6) is 0 Å². The van der Waals surface area contributed by atoms with Crippen molar-refractivity contribution in [1.29, 1.82) is 5.26 Å². The molecule has 0 aliphatic rings. The fourth-order valence-corrected chi connectivity index (χ4v) is 4.17. The fraction of sp³-hybridized carbons (Fsp3) is 0.241. The van der Waals surface area contributed by atoms with Gasteiger partial charge in [-0.05, 0) is 67.9 Å². The van der Waals surface area contributed by atoms with Crippen LogP contribution in [0.4, 0.5) is 27.8 Å². The van der Waals surface area contributed by atoms with E-state index < -0.39 is 41.5 Å². The average Bonchev–Trinajstić information content (AvgIpc) is 3.28. The lowest BCUT2D eigenvalue weighted by Gasteiger charge is -2.16. The smallest absolute Gasteiger partial charge is 0.405 e. The van der Waals surface area contributed by atoms with E-state index in [0.29, 0.717) is 5.56 Å². The van der Waals surface area contributed by atoms with Crippen molar-refractivity contribution in [3.8, 4) is 28.5 Å². The van der Waals surface area contributed by atoms with Gasteiger partial charge in [-0.3, -0.25) is 9.59 Å². The van der Waals surface area contributed by atoms with Gasteiger partial charge in [-0.2, -0.15) is 23.4 Å². The van der Waals surface area contributed by atoms with Crippen LogP contribution in [0.15, 0.2) is 52.9 Å². The number of aromatic nitrogens is 1. The maximum Gasteiger partial charge on any atom is 0.405 e. The molecule has 2 heterocycles. The van der Waals surface area contributed by atoms with E-state index >= 15 is 0 Å². The number of carbonyl (C=O) groups excluding carboxylic acids is 2. The Hall–Kier alpha value is -4.79. The minimum absolute atomic E-state index is 0.00502. The van der Waals surface area contributed by atoms with Crippen LogP contribution < -0.4 is 10.6 Å². The van der Waals surface area contributed by atoms with Gasteiger partial charge in [-0.25, -0.2) is 8.78 Å². The van der Waals surface area contributed by atoms with Gasteiger partial charge in [0.15, 0.2) is 5.78 Å². The maximum atomic E-state index is 14.8. The SMILES string of the molecule is CNC(=O)c1c(-c2ccc(F)cc2)oc2nc(NCC(F)(F)F)c(-c3cc(F)cc(C(=O)CC(C)(C)C#N)c3)cc12. The molecule has 0 atom stereocenters. The number of benzene rings is 2. The van der Waals surface area contributed by atoms with Gasteiger partial charge in [0.2, 0.25) is 5.71 Å². The van der Waals surface area contributed by atoms with E-state index in [1.54, 1.807) is 13.8 Å². The van der Waals surface area contributed by atoms with Crippen molar-refractivity contribution < 1.29 is 36.0 Å². The van der Waals surface area contributed by atoms with Crippen LogP contribution in [-0.2, 0) is 0 Å². The molecule has 0 saturated carbocycles. The normalized spacial score (nSPS) is 11.8. The van der Waals surface area contributed by atoms with E-state index in [9.17, 15) is 36.8 Å². The molecule has 1 amide bonds. The monoisotopic (exact) mass is 570 g/mol. The summed E-state index contributed by atoms with van der Waals surface area (Å²) in [4.78, 5) is 30.0. The molecule has 4 rings (SSSR count). The van der Waals surface area contributed by atoms with Gasteiger partial charge < -0.3 is 15.1 Å². The summed E-state index contributed by atoms with van der Waals surface area (Å²) in [5, 5.41) is 14.0. The largest absolute Gasteiger partial charge is 0.437 e. The molecule has 4 aromatic rings. The number of halogens is 5. The molecule has 212 valence electrons. The summed E-state index contributed by atoms with van der Waals surface area (Å²) in [5.41, 5.74) is -1.14. The number of nitriles is 1. The zero-order chi connectivity index (χ0) is 30.1. The number of rotatable bonds is 8. The Morgan fingerprint density at radius 2 is 1.68 bits per heavy atom. The second kappa shape index (κ2) is 11.0. The summed E-state index contributed by atoms with van der Waals surface area (Å²) in [5.74, 6) is -2.93. The number of Topliss-reactive ketones (excluding diaryl/α,β-unsaturated/α-hetero) is 1. The van der Waals surface area contributed by atoms with Crippen LogP contribution in [0.2, 0.25) is 0 Å². The Kier molecular flexibility index (Phi) is 7.83. The van der Waals surface area contributed by atoms with Gasteiger partial charge in [0, 0.05) is 30.2 Å². The molecule has 7 nitrogen and oxygen atoms in total. The van der Waals surface area contributed by atoms with Crippen LogP contribution in [0, 0.1) is 28.4 Å². The molecule has 0 bridgehead atoms. The summed E-state index contributed by atoms with van der Waals surface area (Å²) in [6.07, 6.45) is -4.87. The predicted molar refractivity (Wildman–Crippen MR) is 141 cm³/mol. The van der Waals surface area contributed by atoms with Gasteiger partial charge in [0.05, 0.1) is 22.4 Å². The molecule has 2 aromatic heterocycles. The van der Waals surface area contributed by atoms with Crippen molar-refractivity contribution in [3.05, 3.63) is 71.3 Å². The summed E-state index contributed by atoms with van der Waals surface area (Å²) in [7, 11) is 1.36. The zero-order valence-corrected chi connectivity index (χ0v) is 22.0. The summed E-state index contributed by atoms with van der Waals surface area (Å²) < 4.78 is 73.6. The molecule has 0 fully saturated rings. The van der Waals surface area contributed by atoms with E-state index in [1.807, 2.05) is 6.07 Å². The quantitative estimate of drug-likeness (QED) is 0.176. The van der Waals surface area contributed by atoms with Crippen molar-refractivity contribution in [2.75, 3.05) is 18.9 Å². The van der Waals surface area contributed by atoms with Crippen molar-refractivity contribution in [3.63, 3.8) is 0 Å². The van der Waals surface area contributed by atoms with E-state index in [2.05, 4.69) is 15.6 Å². The summed E-state index contributed by atoms with van der Waals surface area (Å²) in [6, 6.07) is 11.6. The topological polar surface area (TPSA) is 108 Å². The fourth-order valence-electron chi connectivity index (χ4n) is 4.17. The van der Waals surface area contributed by atoms with Crippen LogP contribution in [0.1, 0.15) is 41.0 Å². The lowest BCUT2D eigenvalue weighted by molar-refractivity contribution is -0.115. The van der Waals surface area contributed by atoms with Gasteiger partial charge in [-0.15, -0.1) is 0 Å². The molecule has 0 spiro atoms. The third kappa shape index (κ3) is 6.51. The molecule has 0 saturated heterocycles. The Balaban J connectivity index is 1.96. The number of alkyl halides is 3. The Morgan fingerprint density at radius 1 is 1.00 bits per heavy atom. The predicted octanol–water partition coefficient (Wildman–Crippen LogP) is 6.90. The standard InChI is InChI=1S/C29H23F5N4O3/c1-28(2,13-35)12-22(39)17-8-16(9-19(31)10-17)20-11-21-23(26(40)36-3)24(15-4-6-18(30)7-5-15)41-27(21)38-25(20)37-14-29(32,33)34/h4-11H,12,14H2,1-3H3,(H,36,40)(H,37,38).